The van der Waals surface area contributed by atoms with Crippen LogP contribution in [0.25, 0.3) is 10.9 Å². The van der Waals surface area contributed by atoms with Gasteiger partial charge in [0.05, 0.1) is 11.1 Å². The third kappa shape index (κ3) is 4.76. The van der Waals surface area contributed by atoms with Crippen LogP contribution in [0.15, 0.2) is 42.6 Å². The molecule has 3 aromatic rings. The number of halogens is 3. The predicted molar refractivity (Wildman–Crippen MR) is 98.2 cm³/mol. The summed E-state index contributed by atoms with van der Waals surface area (Å²) in [4.78, 5) is 21.0. The van der Waals surface area contributed by atoms with Gasteiger partial charge >= 0.3 is 6.18 Å². The molecule has 2 heterocycles. The highest BCUT2D eigenvalue weighted by molar-refractivity contribution is 6.06. The summed E-state index contributed by atoms with van der Waals surface area (Å²) in [5, 5.41) is 3.43. The van der Waals surface area contributed by atoms with Gasteiger partial charge in [0.2, 0.25) is 5.88 Å². The van der Waals surface area contributed by atoms with Crippen molar-refractivity contribution in [3.63, 3.8) is 0 Å². The van der Waals surface area contributed by atoms with Gasteiger partial charge in [-0.1, -0.05) is 17.7 Å². The van der Waals surface area contributed by atoms with Gasteiger partial charge in [0.25, 0.3) is 5.91 Å². The summed E-state index contributed by atoms with van der Waals surface area (Å²) in [6, 6.07) is 10.4. The molecule has 2 aromatic heterocycles. The van der Waals surface area contributed by atoms with Crippen LogP contribution >= 0.6 is 0 Å². The van der Waals surface area contributed by atoms with E-state index in [-0.39, 0.29) is 18.3 Å². The average Bonchev–Trinajstić information content (AvgIpc) is 2.64. The topological polar surface area (TPSA) is 64.1 Å². The minimum atomic E-state index is -4.47. The van der Waals surface area contributed by atoms with Crippen molar-refractivity contribution in [3.8, 4) is 5.88 Å². The molecule has 146 valence electrons. The molecule has 0 saturated heterocycles. The van der Waals surface area contributed by atoms with Gasteiger partial charge in [-0.05, 0) is 38.1 Å². The fourth-order valence-corrected chi connectivity index (χ4v) is 2.77. The molecular formula is C20H18F3N3O2. The standard InChI is InChI=1S/C20H18F3N3O2/c1-12-5-6-17-15(8-12)16(9-13(2)26-17)18(27)25-10-14-4-3-7-24-19(14)28-11-20(21,22)23/h3-9H,10-11H2,1-2H3,(H,25,27). The zero-order valence-corrected chi connectivity index (χ0v) is 15.3. The van der Waals surface area contributed by atoms with E-state index < -0.39 is 12.8 Å². The molecule has 28 heavy (non-hydrogen) atoms. The molecule has 0 radical (unpaired) electrons. The molecule has 0 atom stereocenters. The Bertz CT molecular complexity index is 1020. The molecule has 0 aliphatic rings. The highest BCUT2D eigenvalue weighted by Gasteiger charge is 2.29. The Morgan fingerprint density at radius 2 is 1.96 bits per heavy atom. The van der Waals surface area contributed by atoms with Gasteiger partial charge in [0.15, 0.2) is 6.61 Å². The van der Waals surface area contributed by atoms with Crippen molar-refractivity contribution in [2.75, 3.05) is 6.61 Å². The molecular weight excluding hydrogens is 371 g/mol. The SMILES string of the molecule is Cc1ccc2nc(C)cc(C(=O)NCc3cccnc3OCC(F)(F)F)c2c1. The van der Waals surface area contributed by atoms with Crippen molar-refractivity contribution in [2.24, 2.45) is 0 Å². The number of carbonyl (C=O) groups is 1. The third-order valence-corrected chi connectivity index (χ3v) is 4.00. The number of ether oxygens (including phenoxy) is 1. The molecule has 0 aliphatic carbocycles. The molecule has 0 aliphatic heterocycles. The maximum Gasteiger partial charge on any atom is 0.422 e. The summed E-state index contributed by atoms with van der Waals surface area (Å²) in [6.45, 7) is 2.24. The Hall–Kier alpha value is -3.16. The van der Waals surface area contributed by atoms with Crippen LogP contribution in [0.1, 0.15) is 27.2 Å². The number of nitrogens with one attached hydrogen (secondary N) is 1. The van der Waals surface area contributed by atoms with Gasteiger partial charge in [-0.3, -0.25) is 9.78 Å². The molecule has 0 saturated carbocycles. The van der Waals surface area contributed by atoms with Gasteiger partial charge in [-0.15, -0.1) is 0 Å². The highest BCUT2D eigenvalue weighted by atomic mass is 19.4. The van der Waals surface area contributed by atoms with Gasteiger partial charge in [0.1, 0.15) is 0 Å². The number of alkyl halides is 3. The molecule has 8 heteroatoms. The van der Waals surface area contributed by atoms with E-state index in [0.29, 0.717) is 27.7 Å². The van der Waals surface area contributed by atoms with Crippen LogP contribution in [0.2, 0.25) is 0 Å². The van der Waals surface area contributed by atoms with Crippen LogP contribution in [0, 0.1) is 13.8 Å². The fraction of sp³-hybridized carbons (Fsp3) is 0.250. The van der Waals surface area contributed by atoms with Crippen molar-refractivity contribution >= 4 is 16.8 Å². The normalized spacial score (nSPS) is 11.5. The van der Waals surface area contributed by atoms with Gasteiger partial charge in [-0.25, -0.2) is 4.98 Å². The Kier molecular flexibility index (Phi) is 5.48. The van der Waals surface area contributed by atoms with Crippen LogP contribution in [0.3, 0.4) is 0 Å². The quantitative estimate of drug-likeness (QED) is 0.713. The van der Waals surface area contributed by atoms with E-state index in [4.69, 9.17) is 4.74 Å². The first kappa shape index (κ1) is 19.6. The monoisotopic (exact) mass is 389 g/mol. The maximum atomic E-state index is 12.7. The molecule has 0 fully saturated rings. The van der Waals surface area contributed by atoms with Crippen molar-refractivity contribution in [3.05, 3.63) is 65.0 Å². The third-order valence-electron chi connectivity index (χ3n) is 4.00. The average molecular weight is 389 g/mol. The molecule has 0 unspecified atom stereocenters. The molecule has 5 nitrogen and oxygen atoms in total. The summed E-state index contributed by atoms with van der Waals surface area (Å²) in [5.74, 6) is -0.515. The number of carbonyl (C=O) groups excluding carboxylic acids is 1. The summed E-state index contributed by atoms with van der Waals surface area (Å²) in [7, 11) is 0. The van der Waals surface area contributed by atoms with E-state index in [2.05, 4.69) is 15.3 Å². The van der Waals surface area contributed by atoms with E-state index in [1.165, 1.54) is 6.20 Å². The molecule has 1 amide bonds. The lowest BCUT2D eigenvalue weighted by atomic mass is 10.0. The second-order valence-electron chi connectivity index (χ2n) is 6.39. The van der Waals surface area contributed by atoms with Crippen molar-refractivity contribution in [1.29, 1.82) is 0 Å². The predicted octanol–water partition coefficient (Wildman–Crippen LogP) is 4.12. The largest absolute Gasteiger partial charge is 0.468 e. The fourth-order valence-electron chi connectivity index (χ4n) is 2.77. The van der Waals surface area contributed by atoms with E-state index in [1.54, 1.807) is 25.1 Å². The van der Waals surface area contributed by atoms with E-state index in [0.717, 1.165) is 5.56 Å². The van der Waals surface area contributed by atoms with Crippen LogP contribution in [-0.4, -0.2) is 28.7 Å². The summed E-state index contributed by atoms with van der Waals surface area (Å²) in [5.41, 5.74) is 3.19. The number of hydrogen-bond donors (Lipinski definition) is 1. The molecule has 1 N–H and O–H groups in total. The number of amides is 1. The first-order chi connectivity index (χ1) is 13.2. The number of rotatable bonds is 5. The lowest BCUT2D eigenvalue weighted by Gasteiger charge is -2.13. The summed E-state index contributed by atoms with van der Waals surface area (Å²) >= 11 is 0. The van der Waals surface area contributed by atoms with E-state index in [9.17, 15) is 18.0 Å². The number of benzene rings is 1. The van der Waals surface area contributed by atoms with Gasteiger partial charge in [0, 0.05) is 29.4 Å². The summed E-state index contributed by atoms with van der Waals surface area (Å²) < 4.78 is 41.9. The van der Waals surface area contributed by atoms with Crippen LogP contribution in [-0.2, 0) is 6.54 Å². The first-order valence-electron chi connectivity index (χ1n) is 8.52. The van der Waals surface area contributed by atoms with E-state index >= 15 is 0 Å². The zero-order valence-electron chi connectivity index (χ0n) is 15.3. The Morgan fingerprint density at radius 3 is 2.71 bits per heavy atom. The second kappa shape index (κ2) is 7.84. The lowest BCUT2D eigenvalue weighted by Crippen LogP contribution is -2.25. The number of hydrogen-bond acceptors (Lipinski definition) is 4. The van der Waals surface area contributed by atoms with Crippen molar-refractivity contribution in [2.45, 2.75) is 26.6 Å². The molecule has 0 bridgehead atoms. The Balaban J connectivity index is 1.80. The minimum Gasteiger partial charge on any atom is -0.468 e. The number of aryl methyl sites for hydroxylation is 2. The Morgan fingerprint density at radius 1 is 1.18 bits per heavy atom. The smallest absolute Gasteiger partial charge is 0.422 e. The Labute approximate surface area is 159 Å². The minimum absolute atomic E-state index is 0.0193. The number of nitrogens with zero attached hydrogens (tertiary/aromatic N) is 2. The number of fused-ring (bicyclic) bond motifs is 1. The van der Waals surface area contributed by atoms with E-state index in [1.807, 2.05) is 25.1 Å². The van der Waals surface area contributed by atoms with Crippen LogP contribution < -0.4 is 10.1 Å². The number of pyridine rings is 2. The molecule has 3 rings (SSSR count). The lowest BCUT2D eigenvalue weighted by molar-refractivity contribution is -0.154. The summed E-state index contributed by atoms with van der Waals surface area (Å²) in [6.07, 6.45) is -3.14. The maximum absolute atomic E-state index is 12.7. The zero-order chi connectivity index (χ0) is 20.3. The van der Waals surface area contributed by atoms with Crippen molar-refractivity contribution < 1.29 is 22.7 Å². The highest BCUT2D eigenvalue weighted by Crippen LogP contribution is 2.22. The van der Waals surface area contributed by atoms with Crippen molar-refractivity contribution in [1.82, 2.24) is 15.3 Å². The van der Waals surface area contributed by atoms with Gasteiger partial charge < -0.3 is 10.1 Å². The van der Waals surface area contributed by atoms with Gasteiger partial charge in [-0.2, -0.15) is 13.2 Å². The first-order valence-corrected chi connectivity index (χ1v) is 8.52. The molecule has 0 spiro atoms. The van der Waals surface area contributed by atoms with Crippen LogP contribution in [0.4, 0.5) is 13.2 Å². The second-order valence-corrected chi connectivity index (χ2v) is 6.39. The number of aromatic nitrogens is 2. The van der Waals surface area contributed by atoms with Crippen LogP contribution in [0.5, 0.6) is 5.88 Å². The molecule has 1 aromatic carbocycles.